The summed E-state index contributed by atoms with van der Waals surface area (Å²) in [7, 11) is 0. The van der Waals surface area contributed by atoms with E-state index in [1.54, 1.807) is 18.2 Å². The number of ether oxygens (including phenoxy) is 1. The van der Waals surface area contributed by atoms with Crippen molar-refractivity contribution in [2.45, 2.75) is 18.6 Å². The Morgan fingerprint density at radius 3 is 2.45 bits per heavy atom. The standard InChI is InChI=1S/C17H18F3NO/c1-21-12-11-16(13-5-3-2-4-6-13)22-15-9-7-14(8-10-15)17(18,19)20/h2-10,16,21H,11-12H2,1H3/i1D3,11D2,16D. The molecule has 0 aliphatic carbocycles. The van der Waals surface area contributed by atoms with Crippen LogP contribution in [0.4, 0.5) is 13.2 Å². The highest BCUT2D eigenvalue weighted by Gasteiger charge is 2.30. The lowest BCUT2D eigenvalue weighted by Crippen LogP contribution is -2.16. The van der Waals surface area contributed by atoms with Gasteiger partial charge in [0.2, 0.25) is 0 Å². The molecule has 1 unspecified atom stereocenters. The molecule has 0 saturated carbocycles. The molecule has 1 N–H and O–H groups in total. The highest BCUT2D eigenvalue weighted by molar-refractivity contribution is 5.30. The quantitative estimate of drug-likeness (QED) is 0.851. The Kier molecular flexibility index (Phi) is 3.29. The van der Waals surface area contributed by atoms with Crippen molar-refractivity contribution < 1.29 is 26.1 Å². The van der Waals surface area contributed by atoms with Gasteiger partial charge >= 0.3 is 6.18 Å². The van der Waals surface area contributed by atoms with Gasteiger partial charge in [0.1, 0.15) is 11.8 Å². The van der Waals surface area contributed by atoms with Crippen molar-refractivity contribution in [3.8, 4) is 5.75 Å². The second kappa shape index (κ2) is 7.31. The van der Waals surface area contributed by atoms with E-state index in [4.69, 9.17) is 13.0 Å². The van der Waals surface area contributed by atoms with Crippen LogP contribution >= 0.6 is 0 Å². The number of hydrogen-bond donors (Lipinski definition) is 1. The molecule has 0 aliphatic heterocycles. The predicted molar refractivity (Wildman–Crippen MR) is 79.8 cm³/mol. The summed E-state index contributed by atoms with van der Waals surface area (Å²) in [6, 6.07) is 11.1. The zero-order chi connectivity index (χ0) is 21.2. The van der Waals surface area contributed by atoms with Crippen LogP contribution in [0, 0.1) is 0 Å². The molecule has 0 saturated heterocycles. The van der Waals surface area contributed by atoms with E-state index in [0.717, 1.165) is 24.3 Å². The lowest BCUT2D eigenvalue weighted by molar-refractivity contribution is -0.137. The van der Waals surface area contributed by atoms with Crippen molar-refractivity contribution >= 4 is 0 Å². The molecule has 22 heavy (non-hydrogen) atoms. The minimum atomic E-state index is -4.55. The largest absolute Gasteiger partial charge is 0.486 e. The molecule has 0 bridgehead atoms. The summed E-state index contributed by atoms with van der Waals surface area (Å²) in [4.78, 5) is 0. The summed E-state index contributed by atoms with van der Waals surface area (Å²) in [5.74, 6) is -0.162. The van der Waals surface area contributed by atoms with Crippen LogP contribution in [-0.2, 0) is 6.18 Å². The van der Waals surface area contributed by atoms with Crippen molar-refractivity contribution in [1.29, 1.82) is 0 Å². The van der Waals surface area contributed by atoms with Gasteiger partial charge in [-0.2, -0.15) is 13.2 Å². The van der Waals surface area contributed by atoms with E-state index < -0.39 is 37.7 Å². The van der Waals surface area contributed by atoms with Gasteiger partial charge in [-0.1, -0.05) is 30.3 Å². The Bertz CT molecular complexity index is 780. The van der Waals surface area contributed by atoms with Gasteiger partial charge in [0.15, 0.2) is 0 Å². The molecule has 0 spiro atoms. The number of nitrogens with one attached hydrogen (secondary N) is 1. The number of benzene rings is 2. The fourth-order valence-corrected chi connectivity index (χ4v) is 1.74. The van der Waals surface area contributed by atoms with Crippen molar-refractivity contribution in [3.63, 3.8) is 0 Å². The molecule has 0 fully saturated rings. The van der Waals surface area contributed by atoms with Crippen LogP contribution in [0.2, 0.25) is 0 Å². The maximum Gasteiger partial charge on any atom is 0.416 e. The number of alkyl halides is 3. The highest BCUT2D eigenvalue weighted by Crippen LogP contribution is 2.31. The van der Waals surface area contributed by atoms with E-state index in [-0.39, 0.29) is 11.3 Å². The molecular weight excluding hydrogens is 291 g/mol. The maximum atomic E-state index is 12.7. The Balaban J connectivity index is 2.39. The minimum absolute atomic E-state index is 0.0761. The molecule has 2 nitrogen and oxygen atoms in total. The molecule has 0 aromatic heterocycles. The Morgan fingerprint density at radius 1 is 1.18 bits per heavy atom. The van der Waals surface area contributed by atoms with Gasteiger partial charge in [-0.05, 0) is 43.3 Å². The van der Waals surface area contributed by atoms with Crippen LogP contribution in [0.15, 0.2) is 54.6 Å². The molecule has 0 amide bonds. The monoisotopic (exact) mass is 315 g/mol. The highest BCUT2D eigenvalue weighted by atomic mass is 19.4. The van der Waals surface area contributed by atoms with Crippen molar-refractivity contribution in [2.24, 2.45) is 0 Å². The lowest BCUT2D eigenvalue weighted by Gasteiger charge is -2.20. The van der Waals surface area contributed by atoms with Gasteiger partial charge in [-0.15, -0.1) is 0 Å². The van der Waals surface area contributed by atoms with Crippen molar-refractivity contribution in [2.75, 3.05) is 13.5 Å². The van der Waals surface area contributed by atoms with Gasteiger partial charge < -0.3 is 10.1 Å². The van der Waals surface area contributed by atoms with Gasteiger partial charge in [0.05, 0.1) is 6.93 Å². The van der Waals surface area contributed by atoms with E-state index in [0.29, 0.717) is 0 Å². The van der Waals surface area contributed by atoms with Gasteiger partial charge in [0, 0.05) is 13.2 Å². The average molecular weight is 315 g/mol. The smallest absolute Gasteiger partial charge is 0.416 e. The zero-order valence-corrected chi connectivity index (χ0v) is 11.4. The summed E-state index contributed by atoms with van der Waals surface area (Å²) in [6.07, 6.45) is -9.52. The fraction of sp³-hybridized carbons (Fsp3) is 0.294. The van der Waals surface area contributed by atoms with E-state index in [9.17, 15) is 13.2 Å². The van der Waals surface area contributed by atoms with Crippen LogP contribution in [0.25, 0.3) is 0 Å². The Labute approximate surface area is 136 Å². The van der Waals surface area contributed by atoms with Crippen LogP contribution in [0.1, 0.15) is 31.8 Å². The lowest BCUT2D eigenvalue weighted by atomic mass is 10.1. The number of rotatable bonds is 6. The fourth-order valence-electron chi connectivity index (χ4n) is 1.74. The van der Waals surface area contributed by atoms with Gasteiger partial charge in [-0.3, -0.25) is 0 Å². The predicted octanol–water partition coefficient (Wildman–Crippen LogP) is 4.44. The molecule has 2 aromatic carbocycles. The summed E-state index contributed by atoms with van der Waals surface area (Å²) in [6.45, 7) is -3.39. The SMILES string of the molecule is [2H]C([2H])([2H])NCC([2H])([2H])C([2H])(Oc1ccc(C(F)(F)F)cc1)c1ccccc1. The second-order valence-electron chi connectivity index (χ2n) is 4.35. The molecule has 2 rings (SSSR count). The third-order valence-corrected chi connectivity index (χ3v) is 2.77. The van der Waals surface area contributed by atoms with Crippen LogP contribution in [-0.4, -0.2) is 13.5 Å². The first-order chi connectivity index (χ1) is 12.7. The Hall–Kier alpha value is -2.01. The molecule has 0 aliphatic rings. The minimum Gasteiger partial charge on any atom is -0.486 e. The van der Waals surface area contributed by atoms with Crippen LogP contribution in [0.3, 0.4) is 0 Å². The van der Waals surface area contributed by atoms with E-state index in [1.807, 2.05) is 5.32 Å². The van der Waals surface area contributed by atoms with Crippen LogP contribution < -0.4 is 10.1 Å². The third kappa shape index (κ3) is 4.49. The van der Waals surface area contributed by atoms with E-state index >= 15 is 0 Å². The molecule has 5 heteroatoms. The maximum absolute atomic E-state index is 12.7. The first kappa shape index (κ1) is 9.90. The summed E-state index contributed by atoms with van der Waals surface area (Å²) < 4.78 is 90.3. The normalized spacial score (nSPS) is 19.6. The number of hydrogen-bond acceptors (Lipinski definition) is 2. The molecule has 0 heterocycles. The summed E-state index contributed by atoms with van der Waals surface area (Å²) >= 11 is 0. The number of halogens is 3. The second-order valence-corrected chi connectivity index (χ2v) is 4.35. The molecule has 0 radical (unpaired) electrons. The van der Waals surface area contributed by atoms with Gasteiger partial charge in [0.25, 0.3) is 0 Å². The molecular formula is C17H18F3NO. The van der Waals surface area contributed by atoms with Crippen LogP contribution in [0.5, 0.6) is 5.75 Å². The first-order valence-electron chi connectivity index (χ1n) is 9.41. The van der Waals surface area contributed by atoms with Gasteiger partial charge in [-0.25, -0.2) is 0 Å². The average Bonchev–Trinajstić information content (AvgIpc) is 2.60. The summed E-state index contributed by atoms with van der Waals surface area (Å²) in [5, 5.41) is 2.03. The summed E-state index contributed by atoms with van der Waals surface area (Å²) in [5.41, 5.74) is -0.838. The van der Waals surface area contributed by atoms with E-state index in [1.165, 1.54) is 12.1 Å². The topological polar surface area (TPSA) is 21.3 Å². The van der Waals surface area contributed by atoms with Crippen molar-refractivity contribution in [1.82, 2.24) is 5.32 Å². The molecule has 1 atom stereocenters. The first-order valence-corrected chi connectivity index (χ1v) is 6.41. The van der Waals surface area contributed by atoms with Crippen molar-refractivity contribution in [3.05, 3.63) is 65.7 Å². The zero-order valence-electron chi connectivity index (χ0n) is 17.4. The molecule has 2 aromatic rings. The molecule has 118 valence electrons. The third-order valence-electron chi connectivity index (χ3n) is 2.77. The van der Waals surface area contributed by atoms with E-state index in [2.05, 4.69) is 0 Å². The Morgan fingerprint density at radius 2 is 1.86 bits per heavy atom.